The largest absolute Gasteiger partial charge is 0.462 e. The highest BCUT2D eigenvalue weighted by atomic mass is 32.1. The zero-order chi connectivity index (χ0) is 11.4. The molecule has 1 heterocycles. The lowest BCUT2D eigenvalue weighted by Gasteiger charge is -2.12. The summed E-state index contributed by atoms with van der Waals surface area (Å²) in [5, 5.41) is 2.30. The van der Waals surface area contributed by atoms with Crippen LogP contribution in [0, 0.1) is 0 Å². The lowest BCUT2D eigenvalue weighted by atomic mass is 10.3. The molecule has 3 N–H and O–H groups in total. The first-order valence-electron chi connectivity index (χ1n) is 4.42. The molecule has 1 aromatic rings. The molecule has 0 unspecified atom stereocenters. The van der Waals surface area contributed by atoms with Crippen molar-refractivity contribution in [1.29, 1.82) is 0 Å². The summed E-state index contributed by atoms with van der Waals surface area (Å²) in [6.07, 6.45) is 0. The minimum Gasteiger partial charge on any atom is -0.462 e. The number of nitrogens with zero attached hydrogens (tertiary/aromatic N) is 2. The Hall–Kier alpha value is -1.34. The van der Waals surface area contributed by atoms with E-state index in [1.54, 1.807) is 11.9 Å². The molecule has 0 bridgehead atoms. The van der Waals surface area contributed by atoms with Crippen LogP contribution < -0.4 is 11.2 Å². The Morgan fingerprint density at radius 3 is 2.87 bits per heavy atom. The monoisotopic (exact) mass is 230 g/mol. The van der Waals surface area contributed by atoms with E-state index >= 15 is 0 Å². The Morgan fingerprint density at radius 2 is 2.33 bits per heavy atom. The number of ether oxygens (including phenoxy) is 1. The molecule has 7 heteroatoms. The van der Waals surface area contributed by atoms with Gasteiger partial charge in [-0.2, -0.15) is 4.37 Å². The van der Waals surface area contributed by atoms with Gasteiger partial charge >= 0.3 is 5.97 Å². The van der Waals surface area contributed by atoms with E-state index in [1.165, 1.54) is 0 Å². The van der Waals surface area contributed by atoms with Gasteiger partial charge in [-0.25, -0.2) is 9.80 Å². The predicted octanol–water partition coefficient (Wildman–Crippen LogP) is 0.790. The number of aromatic nitrogens is 1. The molecule has 84 valence electrons. The van der Waals surface area contributed by atoms with E-state index < -0.39 is 5.97 Å². The van der Waals surface area contributed by atoms with Gasteiger partial charge in [0.15, 0.2) is 5.82 Å². The van der Waals surface area contributed by atoms with Gasteiger partial charge in [-0.1, -0.05) is 0 Å². The number of nitrogens with one attached hydrogen (secondary N) is 1. The second-order valence-electron chi connectivity index (χ2n) is 3.00. The van der Waals surface area contributed by atoms with Crippen molar-refractivity contribution in [3.05, 3.63) is 5.56 Å². The lowest BCUT2D eigenvalue weighted by Crippen LogP contribution is -2.21. The number of rotatable bonds is 4. The third-order valence-corrected chi connectivity index (χ3v) is 2.29. The van der Waals surface area contributed by atoms with Crippen LogP contribution in [0.3, 0.4) is 0 Å². The summed E-state index contributed by atoms with van der Waals surface area (Å²) >= 11 is 1.13. The zero-order valence-corrected chi connectivity index (χ0v) is 9.72. The van der Waals surface area contributed by atoms with E-state index in [0.717, 1.165) is 11.5 Å². The lowest BCUT2D eigenvalue weighted by molar-refractivity contribution is 0.0529. The van der Waals surface area contributed by atoms with Crippen LogP contribution in [-0.2, 0) is 4.74 Å². The second kappa shape index (κ2) is 4.94. The van der Waals surface area contributed by atoms with Crippen LogP contribution >= 0.6 is 11.5 Å². The van der Waals surface area contributed by atoms with Crippen LogP contribution in [-0.4, -0.2) is 36.1 Å². The summed E-state index contributed by atoms with van der Waals surface area (Å²) in [6, 6.07) is 0. The van der Waals surface area contributed by atoms with Crippen molar-refractivity contribution < 1.29 is 9.53 Å². The topological polar surface area (TPSA) is 80.5 Å². The molecule has 6 nitrogen and oxygen atoms in total. The van der Waals surface area contributed by atoms with Gasteiger partial charge in [0.2, 0.25) is 0 Å². The first kappa shape index (κ1) is 11.7. The summed E-state index contributed by atoms with van der Waals surface area (Å²) in [4.78, 5) is 11.5. The molecule has 0 saturated carbocycles. The summed E-state index contributed by atoms with van der Waals surface area (Å²) in [5.74, 6) is -0.254. The molecule has 0 spiro atoms. The average molecular weight is 230 g/mol. The molecule has 0 aliphatic carbocycles. The fourth-order valence-corrected chi connectivity index (χ4v) is 1.77. The molecular weight excluding hydrogens is 216 g/mol. The summed E-state index contributed by atoms with van der Waals surface area (Å²) in [7, 11) is 3.62. The number of nitrogen functional groups attached to an aromatic ring is 1. The van der Waals surface area contributed by atoms with Crippen LogP contribution in [0.1, 0.15) is 17.3 Å². The minimum atomic E-state index is -0.451. The van der Waals surface area contributed by atoms with Gasteiger partial charge in [0.05, 0.1) is 6.61 Å². The number of carbonyl (C=O) groups excluding carboxylic acids is 1. The molecule has 0 atom stereocenters. The molecule has 0 aliphatic heterocycles. The fraction of sp³-hybridized carbons (Fsp3) is 0.500. The molecule has 0 fully saturated rings. The van der Waals surface area contributed by atoms with Gasteiger partial charge in [-0.05, 0) is 18.5 Å². The highest BCUT2D eigenvalue weighted by Gasteiger charge is 2.20. The van der Waals surface area contributed by atoms with Crippen LogP contribution in [0.4, 0.5) is 10.8 Å². The van der Waals surface area contributed by atoms with Gasteiger partial charge < -0.3 is 15.9 Å². The highest BCUT2D eigenvalue weighted by molar-refractivity contribution is 7.11. The molecule has 0 amide bonds. The number of hydrazine groups is 1. The van der Waals surface area contributed by atoms with Crippen molar-refractivity contribution in [2.24, 2.45) is 0 Å². The fourth-order valence-electron chi connectivity index (χ4n) is 0.982. The Kier molecular flexibility index (Phi) is 3.87. The van der Waals surface area contributed by atoms with Crippen molar-refractivity contribution in [3.8, 4) is 0 Å². The predicted molar refractivity (Wildman–Crippen MR) is 59.8 cm³/mol. The van der Waals surface area contributed by atoms with Gasteiger partial charge in [0.25, 0.3) is 0 Å². The third-order valence-electron chi connectivity index (χ3n) is 1.52. The molecule has 0 saturated heterocycles. The second-order valence-corrected chi connectivity index (χ2v) is 3.77. The Morgan fingerprint density at radius 1 is 1.67 bits per heavy atom. The van der Waals surface area contributed by atoms with Gasteiger partial charge in [-0.3, -0.25) is 0 Å². The van der Waals surface area contributed by atoms with Gasteiger partial charge in [0, 0.05) is 14.1 Å². The molecule has 1 aromatic heterocycles. The summed E-state index contributed by atoms with van der Waals surface area (Å²) in [5.41, 5.74) is 8.83. The average Bonchev–Trinajstić information content (AvgIpc) is 2.46. The van der Waals surface area contributed by atoms with Crippen LogP contribution in [0.25, 0.3) is 0 Å². The first-order chi connectivity index (χ1) is 7.06. The maximum atomic E-state index is 11.5. The maximum Gasteiger partial charge on any atom is 0.345 e. The van der Waals surface area contributed by atoms with E-state index in [0.29, 0.717) is 17.2 Å². The SMILES string of the molecule is CCOC(=O)c1c(N)nsc1NN(C)C. The Labute approximate surface area is 92.2 Å². The summed E-state index contributed by atoms with van der Waals surface area (Å²) in [6.45, 7) is 2.06. The number of esters is 1. The third kappa shape index (κ3) is 2.80. The van der Waals surface area contributed by atoms with E-state index in [4.69, 9.17) is 10.5 Å². The number of carbonyl (C=O) groups is 1. The number of hydrogen-bond donors (Lipinski definition) is 2. The van der Waals surface area contributed by atoms with E-state index in [1.807, 2.05) is 14.1 Å². The van der Waals surface area contributed by atoms with Gasteiger partial charge in [0.1, 0.15) is 10.6 Å². The molecular formula is C8H14N4O2S. The van der Waals surface area contributed by atoms with Crippen LogP contribution in [0.15, 0.2) is 0 Å². The summed E-state index contributed by atoms with van der Waals surface area (Å²) < 4.78 is 8.78. The molecule has 0 aromatic carbocycles. The van der Waals surface area contributed by atoms with Crippen LogP contribution in [0.2, 0.25) is 0 Å². The normalized spacial score (nSPS) is 10.4. The van der Waals surface area contributed by atoms with Crippen LogP contribution in [0.5, 0.6) is 0 Å². The van der Waals surface area contributed by atoms with Crippen molar-refractivity contribution in [2.45, 2.75) is 6.92 Å². The molecule has 15 heavy (non-hydrogen) atoms. The Bertz CT molecular complexity index is 350. The zero-order valence-electron chi connectivity index (χ0n) is 8.90. The van der Waals surface area contributed by atoms with Crippen molar-refractivity contribution in [3.63, 3.8) is 0 Å². The number of nitrogens with two attached hydrogens (primary N) is 1. The quantitative estimate of drug-likeness (QED) is 0.588. The minimum absolute atomic E-state index is 0.197. The van der Waals surface area contributed by atoms with Crippen molar-refractivity contribution in [1.82, 2.24) is 9.38 Å². The molecule has 0 radical (unpaired) electrons. The molecule has 0 aliphatic rings. The van der Waals surface area contributed by atoms with E-state index in [2.05, 4.69) is 9.80 Å². The highest BCUT2D eigenvalue weighted by Crippen LogP contribution is 2.27. The smallest absolute Gasteiger partial charge is 0.345 e. The van der Waals surface area contributed by atoms with E-state index in [-0.39, 0.29) is 5.82 Å². The first-order valence-corrected chi connectivity index (χ1v) is 5.19. The van der Waals surface area contributed by atoms with Gasteiger partial charge in [-0.15, -0.1) is 0 Å². The van der Waals surface area contributed by atoms with E-state index in [9.17, 15) is 4.79 Å². The number of hydrogen-bond acceptors (Lipinski definition) is 7. The maximum absolute atomic E-state index is 11.5. The van der Waals surface area contributed by atoms with Crippen molar-refractivity contribution >= 4 is 28.3 Å². The molecule has 1 rings (SSSR count). The standard InChI is InChI=1S/C8H14N4O2S/c1-4-14-8(13)5-6(9)11-15-7(5)10-12(2)3/h10H,4H2,1-3H3,(H2,9,11). The Balaban J connectivity index is 2.93. The van der Waals surface area contributed by atoms with Crippen molar-refractivity contribution in [2.75, 3.05) is 31.9 Å². The number of anilines is 2.